The van der Waals surface area contributed by atoms with E-state index in [1.807, 2.05) is 30.3 Å². The Morgan fingerprint density at radius 2 is 1.77 bits per heavy atom. The summed E-state index contributed by atoms with van der Waals surface area (Å²) in [6.45, 7) is 0. The van der Waals surface area contributed by atoms with E-state index >= 15 is 0 Å². The van der Waals surface area contributed by atoms with Crippen molar-refractivity contribution >= 4 is 38.1 Å². The summed E-state index contributed by atoms with van der Waals surface area (Å²) < 4.78 is 0.988. The second kappa shape index (κ2) is 2.92. The molecule has 0 saturated carbocycles. The van der Waals surface area contributed by atoms with E-state index in [1.54, 1.807) is 0 Å². The smallest absolute Gasteiger partial charge is 0.0405 e. The monoisotopic (exact) mass is 236 g/mol. The van der Waals surface area contributed by atoms with Crippen molar-refractivity contribution in [2.45, 2.75) is 0 Å². The van der Waals surface area contributed by atoms with E-state index < -0.39 is 0 Å². The fraction of sp³-hybridized carbons (Fsp3) is 0. The number of halogens is 1. The van der Waals surface area contributed by atoms with Crippen LogP contribution in [0.1, 0.15) is 0 Å². The Labute approximate surface area is 84.7 Å². The molecule has 0 heterocycles. The molecule has 2 aromatic carbocycles. The maximum Gasteiger partial charge on any atom is 0.0405 e. The first-order valence-electron chi connectivity index (χ1n) is 3.91. The van der Waals surface area contributed by atoms with Gasteiger partial charge in [-0.25, -0.2) is 0 Å². The Kier molecular flexibility index (Phi) is 1.88. The maximum absolute atomic E-state index is 5.84. The summed E-state index contributed by atoms with van der Waals surface area (Å²) in [7, 11) is 0. The average Bonchev–Trinajstić information content (AvgIpc) is 2.06. The Morgan fingerprint density at radius 1 is 1.00 bits per heavy atom. The van der Waals surface area contributed by atoms with Gasteiger partial charge in [0.1, 0.15) is 0 Å². The number of hydrogen-bond donors (Lipinski definition) is 2. The zero-order chi connectivity index (χ0) is 9.42. The summed E-state index contributed by atoms with van der Waals surface area (Å²) in [6, 6.07) is 9.62. The van der Waals surface area contributed by atoms with Crippen LogP contribution in [-0.2, 0) is 0 Å². The van der Waals surface area contributed by atoms with E-state index in [-0.39, 0.29) is 0 Å². The van der Waals surface area contributed by atoms with Crippen molar-refractivity contribution in [3.63, 3.8) is 0 Å². The van der Waals surface area contributed by atoms with Gasteiger partial charge in [-0.1, -0.05) is 22.0 Å². The van der Waals surface area contributed by atoms with E-state index in [0.717, 1.165) is 26.6 Å². The lowest BCUT2D eigenvalue weighted by atomic mass is 10.1. The molecule has 2 rings (SSSR count). The molecule has 2 aromatic rings. The van der Waals surface area contributed by atoms with Crippen molar-refractivity contribution in [3.05, 3.63) is 34.8 Å². The van der Waals surface area contributed by atoms with Crippen LogP contribution in [-0.4, -0.2) is 0 Å². The van der Waals surface area contributed by atoms with Gasteiger partial charge in [0.2, 0.25) is 0 Å². The molecule has 0 radical (unpaired) electrons. The van der Waals surface area contributed by atoms with Gasteiger partial charge in [-0.15, -0.1) is 0 Å². The van der Waals surface area contributed by atoms with Crippen LogP contribution in [0.4, 0.5) is 11.4 Å². The summed E-state index contributed by atoms with van der Waals surface area (Å²) in [5, 5.41) is 2.10. The van der Waals surface area contributed by atoms with E-state index in [4.69, 9.17) is 11.5 Å². The van der Waals surface area contributed by atoms with Crippen LogP contribution in [0, 0.1) is 0 Å². The van der Waals surface area contributed by atoms with Gasteiger partial charge in [0.05, 0.1) is 0 Å². The zero-order valence-electron chi connectivity index (χ0n) is 6.92. The third-order valence-corrected chi connectivity index (χ3v) is 2.43. The minimum Gasteiger partial charge on any atom is -0.399 e. The Morgan fingerprint density at radius 3 is 2.54 bits per heavy atom. The molecule has 0 aliphatic heterocycles. The second-order valence-corrected chi connectivity index (χ2v) is 3.89. The fourth-order valence-corrected chi connectivity index (χ4v) is 1.86. The highest BCUT2D eigenvalue weighted by Crippen LogP contribution is 2.27. The summed E-state index contributed by atoms with van der Waals surface area (Å²) in [5.74, 6) is 0. The highest BCUT2D eigenvalue weighted by molar-refractivity contribution is 9.10. The third kappa shape index (κ3) is 1.47. The normalized spacial score (nSPS) is 10.5. The molecule has 0 atom stereocenters. The van der Waals surface area contributed by atoms with Crippen molar-refractivity contribution in [2.24, 2.45) is 0 Å². The minimum absolute atomic E-state index is 0.738. The molecule has 0 aliphatic rings. The number of rotatable bonds is 0. The molecule has 13 heavy (non-hydrogen) atoms. The first kappa shape index (κ1) is 8.38. The molecule has 2 nitrogen and oxygen atoms in total. The fourth-order valence-electron chi connectivity index (χ4n) is 1.37. The van der Waals surface area contributed by atoms with Crippen LogP contribution in [0.2, 0.25) is 0 Å². The largest absolute Gasteiger partial charge is 0.399 e. The molecule has 0 aliphatic carbocycles. The van der Waals surface area contributed by atoms with Crippen molar-refractivity contribution in [1.82, 2.24) is 0 Å². The highest BCUT2D eigenvalue weighted by atomic mass is 79.9. The Balaban J connectivity index is 2.87. The third-order valence-electron chi connectivity index (χ3n) is 1.98. The molecule has 3 heteroatoms. The molecule has 0 bridgehead atoms. The van der Waals surface area contributed by atoms with Crippen LogP contribution in [0.5, 0.6) is 0 Å². The molecule has 0 spiro atoms. The lowest BCUT2D eigenvalue weighted by Gasteiger charge is -2.03. The molecular formula is C10H9BrN2. The zero-order valence-corrected chi connectivity index (χ0v) is 8.51. The standard InChI is InChI=1S/C10H9BrN2/c11-7-3-6-1-2-8(12)5-9(6)10(13)4-7/h1-5H,12-13H2. The lowest BCUT2D eigenvalue weighted by molar-refractivity contribution is 1.68. The van der Waals surface area contributed by atoms with E-state index in [1.165, 1.54) is 0 Å². The SMILES string of the molecule is Nc1ccc2cc(Br)cc(N)c2c1. The predicted octanol–water partition coefficient (Wildman–Crippen LogP) is 2.77. The summed E-state index contributed by atoms with van der Waals surface area (Å²) in [5.41, 5.74) is 13.0. The Hall–Kier alpha value is -1.22. The summed E-state index contributed by atoms with van der Waals surface area (Å²) in [6.07, 6.45) is 0. The summed E-state index contributed by atoms with van der Waals surface area (Å²) in [4.78, 5) is 0. The van der Waals surface area contributed by atoms with Gasteiger partial charge >= 0.3 is 0 Å². The first-order chi connectivity index (χ1) is 6.16. The maximum atomic E-state index is 5.84. The molecule has 0 fully saturated rings. The molecule has 0 saturated heterocycles. The number of hydrogen-bond acceptors (Lipinski definition) is 2. The lowest BCUT2D eigenvalue weighted by Crippen LogP contribution is -1.89. The second-order valence-electron chi connectivity index (χ2n) is 2.98. The van der Waals surface area contributed by atoms with Gasteiger partial charge in [-0.3, -0.25) is 0 Å². The van der Waals surface area contributed by atoms with Crippen LogP contribution < -0.4 is 11.5 Å². The number of nitrogens with two attached hydrogens (primary N) is 2. The molecule has 0 unspecified atom stereocenters. The first-order valence-corrected chi connectivity index (χ1v) is 4.70. The van der Waals surface area contributed by atoms with E-state index in [2.05, 4.69) is 15.9 Å². The van der Waals surface area contributed by atoms with Crippen LogP contribution in [0.25, 0.3) is 10.8 Å². The quantitative estimate of drug-likeness (QED) is 0.692. The number of benzene rings is 2. The minimum atomic E-state index is 0.738. The molecule has 0 amide bonds. The van der Waals surface area contributed by atoms with Crippen LogP contribution in [0.15, 0.2) is 34.8 Å². The molecule has 66 valence electrons. The highest BCUT2D eigenvalue weighted by Gasteiger charge is 1.99. The van der Waals surface area contributed by atoms with Gasteiger partial charge in [0, 0.05) is 21.2 Å². The molecule has 4 N–H and O–H groups in total. The van der Waals surface area contributed by atoms with Crippen LogP contribution in [0.3, 0.4) is 0 Å². The number of anilines is 2. The van der Waals surface area contributed by atoms with Crippen molar-refractivity contribution in [1.29, 1.82) is 0 Å². The molecule has 0 aromatic heterocycles. The Bertz CT molecular complexity index is 466. The summed E-state index contributed by atoms with van der Waals surface area (Å²) >= 11 is 3.39. The van der Waals surface area contributed by atoms with Crippen LogP contribution >= 0.6 is 15.9 Å². The number of nitrogen functional groups attached to an aromatic ring is 2. The van der Waals surface area contributed by atoms with Gasteiger partial charge in [-0.05, 0) is 29.7 Å². The van der Waals surface area contributed by atoms with E-state index in [0.29, 0.717) is 0 Å². The topological polar surface area (TPSA) is 52.0 Å². The van der Waals surface area contributed by atoms with Crippen molar-refractivity contribution < 1.29 is 0 Å². The van der Waals surface area contributed by atoms with Gasteiger partial charge in [0.15, 0.2) is 0 Å². The predicted molar refractivity (Wildman–Crippen MR) is 60.5 cm³/mol. The van der Waals surface area contributed by atoms with Gasteiger partial charge in [0.25, 0.3) is 0 Å². The van der Waals surface area contributed by atoms with Crippen molar-refractivity contribution in [2.75, 3.05) is 11.5 Å². The van der Waals surface area contributed by atoms with Gasteiger partial charge < -0.3 is 11.5 Å². The molecular weight excluding hydrogens is 228 g/mol. The average molecular weight is 237 g/mol. The van der Waals surface area contributed by atoms with Gasteiger partial charge in [-0.2, -0.15) is 0 Å². The van der Waals surface area contributed by atoms with E-state index in [9.17, 15) is 0 Å². The van der Waals surface area contributed by atoms with Crippen molar-refractivity contribution in [3.8, 4) is 0 Å². The number of fused-ring (bicyclic) bond motifs is 1.